The van der Waals surface area contributed by atoms with Crippen molar-refractivity contribution < 1.29 is 14.0 Å². The number of nitrogens with two attached hydrogens (primary N) is 1. The van der Waals surface area contributed by atoms with E-state index in [9.17, 15) is 0 Å². The van der Waals surface area contributed by atoms with Crippen molar-refractivity contribution in [3.8, 4) is 22.6 Å². The molecule has 0 atom stereocenters. The number of nitrogen functional groups attached to an aromatic ring is 1. The summed E-state index contributed by atoms with van der Waals surface area (Å²) in [4.78, 5) is 0. The number of rotatable bonds is 4. The molecule has 0 unspecified atom stereocenters. The van der Waals surface area contributed by atoms with Gasteiger partial charge in [0.1, 0.15) is 0 Å². The number of anilines is 1. The van der Waals surface area contributed by atoms with Crippen LogP contribution < -0.4 is 15.2 Å². The quantitative estimate of drug-likeness (QED) is 0.900. The van der Waals surface area contributed by atoms with Crippen LogP contribution in [0, 0.1) is 0 Å². The van der Waals surface area contributed by atoms with Crippen LogP contribution in [-0.4, -0.2) is 18.4 Å². The molecule has 0 aliphatic carbocycles. The summed E-state index contributed by atoms with van der Waals surface area (Å²) >= 11 is 0. The van der Waals surface area contributed by atoms with Gasteiger partial charge in [-0.1, -0.05) is 17.3 Å². The van der Waals surface area contributed by atoms with Crippen molar-refractivity contribution in [3.63, 3.8) is 0 Å². The minimum atomic E-state index is 0.0288. The molecule has 0 bridgehead atoms. The highest BCUT2D eigenvalue weighted by molar-refractivity contribution is 5.79. The summed E-state index contributed by atoms with van der Waals surface area (Å²) in [7, 11) is 1.60. The number of methoxy groups -OCH3 is 1. The monoisotopic (exact) mass is 248 g/mol. The molecule has 18 heavy (non-hydrogen) atoms. The summed E-state index contributed by atoms with van der Waals surface area (Å²) < 4.78 is 16.0. The Morgan fingerprint density at radius 3 is 2.61 bits per heavy atom. The summed E-state index contributed by atoms with van der Waals surface area (Å²) in [6.07, 6.45) is 1.60. The Labute approximate surface area is 105 Å². The van der Waals surface area contributed by atoms with Crippen molar-refractivity contribution in [1.82, 2.24) is 5.16 Å². The first kappa shape index (κ1) is 12.3. The van der Waals surface area contributed by atoms with Gasteiger partial charge in [0.25, 0.3) is 0 Å². The van der Waals surface area contributed by atoms with Crippen LogP contribution in [0.4, 0.5) is 5.88 Å². The SMILES string of the molecule is COc1cccc(-c2cnoc2N)c1OC(C)C. The zero-order chi connectivity index (χ0) is 13.1. The van der Waals surface area contributed by atoms with E-state index in [1.165, 1.54) is 0 Å². The van der Waals surface area contributed by atoms with Gasteiger partial charge in [-0.2, -0.15) is 0 Å². The maximum atomic E-state index is 5.80. The van der Waals surface area contributed by atoms with Crippen LogP contribution >= 0.6 is 0 Å². The Morgan fingerprint density at radius 1 is 1.28 bits per heavy atom. The Kier molecular flexibility index (Phi) is 3.41. The lowest BCUT2D eigenvalue weighted by atomic mass is 10.1. The van der Waals surface area contributed by atoms with Crippen LogP contribution in [0.2, 0.25) is 0 Å². The molecule has 0 saturated carbocycles. The Bertz CT molecular complexity index is 535. The Morgan fingerprint density at radius 2 is 2.06 bits per heavy atom. The number of hydrogen-bond donors (Lipinski definition) is 1. The second-order valence-electron chi connectivity index (χ2n) is 4.11. The van der Waals surface area contributed by atoms with E-state index in [1.54, 1.807) is 13.3 Å². The minimum Gasteiger partial charge on any atom is -0.493 e. The number of aromatic nitrogens is 1. The van der Waals surface area contributed by atoms with Gasteiger partial charge in [0.15, 0.2) is 11.5 Å². The molecule has 5 heteroatoms. The molecule has 2 rings (SSSR count). The van der Waals surface area contributed by atoms with Gasteiger partial charge in [-0.25, -0.2) is 0 Å². The van der Waals surface area contributed by atoms with Gasteiger partial charge >= 0.3 is 0 Å². The number of hydrogen-bond acceptors (Lipinski definition) is 5. The summed E-state index contributed by atoms with van der Waals surface area (Å²) in [5.74, 6) is 1.56. The third kappa shape index (κ3) is 2.25. The van der Waals surface area contributed by atoms with Gasteiger partial charge in [-0.3, -0.25) is 0 Å². The van der Waals surface area contributed by atoms with Crippen molar-refractivity contribution in [2.24, 2.45) is 0 Å². The van der Waals surface area contributed by atoms with Crippen molar-refractivity contribution >= 4 is 5.88 Å². The first-order chi connectivity index (χ1) is 8.63. The second kappa shape index (κ2) is 5.00. The van der Waals surface area contributed by atoms with Gasteiger partial charge in [0, 0.05) is 5.56 Å². The highest BCUT2D eigenvalue weighted by Crippen LogP contribution is 2.40. The normalized spacial score (nSPS) is 10.7. The van der Waals surface area contributed by atoms with Crippen molar-refractivity contribution in [1.29, 1.82) is 0 Å². The molecule has 1 aromatic carbocycles. The molecule has 0 spiro atoms. The highest BCUT2D eigenvalue weighted by atomic mass is 16.5. The van der Waals surface area contributed by atoms with Crippen LogP contribution in [0.1, 0.15) is 13.8 Å². The predicted octanol–water partition coefficient (Wildman–Crippen LogP) is 2.72. The standard InChI is InChI=1S/C13H16N2O3/c1-8(2)17-12-9(5-4-6-11(12)16-3)10-7-15-18-13(10)14/h4-8H,14H2,1-3H3. The number of para-hydroxylation sites is 1. The maximum absolute atomic E-state index is 5.80. The van der Waals surface area contributed by atoms with Crippen LogP contribution in [0.15, 0.2) is 28.9 Å². The molecule has 1 aromatic heterocycles. The fourth-order valence-electron chi connectivity index (χ4n) is 1.70. The average Bonchev–Trinajstić information content (AvgIpc) is 2.75. The maximum Gasteiger partial charge on any atom is 0.230 e. The topological polar surface area (TPSA) is 70.5 Å². The molecule has 0 saturated heterocycles. The molecule has 2 aromatic rings. The van der Waals surface area contributed by atoms with Crippen LogP contribution in [-0.2, 0) is 0 Å². The van der Waals surface area contributed by atoms with E-state index in [0.717, 1.165) is 5.56 Å². The predicted molar refractivity (Wildman–Crippen MR) is 68.7 cm³/mol. The minimum absolute atomic E-state index is 0.0288. The molecule has 1 heterocycles. The van der Waals surface area contributed by atoms with Gasteiger partial charge in [0.05, 0.1) is 25.0 Å². The molecular weight excluding hydrogens is 232 g/mol. The molecular formula is C13H16N2O3. The van der Waals surface area contributed by atoms with Crippen molar-refractivity contribution in [2.45, 2.75) is 20.0 Å². The summed E-state index contributed by atoms with van der Waals surface area (Å²) in [5.41, 5.74) is 7.24. The summed E-state index contributed by atoms with van der Waals surface area (Å²) in [5, 5.41) is 3.68. The van der Waals surface area contributed by atoms with E-state index in [2.05, 4.69) is 5.16 Å². The van der Waals surface area contributed by atoms with E-state index < -0.39 is 0 Å². The molecule has 2 N–H and O–H groups in total. The fourth-order valence-corrected chi connectivity index (χ4v) is 1.70. The number of nitrogens with zero attached hydrogens (tertiary/aromatic N) is 1. The smallest absolute Gasteiger partial charge is 0.230 e. The van der Waals surface area contributed by atoms with Crippen LogP contribution in [0.3, 0.4) is 0 Å². The largest absolute Gasteiger partial charge is 0.493 e. The fraction of sp³-hybridized carbons (Fsp3) is 0.308. The van der Waals surface area contributed by atoms with E-state index in [-0.39, 0.29) is 12.0 Å². The molecule has 0 aliphatic rings. The molecule has 96 valence electrons. The van der Waals surface area contributed by atoms with Crippen molar-refractivity contribution in [3.05, 3.63) is 24.4 Å². The lowest BCUT2D eigenvalue weighted by Crippen LogP contribution is -2.08. The lowest BCUT2D eigenvalue weighted by Gasteiger charge is -2.16. The third-order valence-electron chi connectivity index (χ3n) is 2.44. The first-order valence-corrected chi connectivity index (χ1v) is 5.67. The Hall–Kier alpha value is -2.17. The molecule has 5 nitrogen and oxygen atoms in total. The van der Waals surface area contributed by atoms with E-state index in [4.69, 9.17) is 19.7 Å². The second-order valence-corrected chi connectivity index (χ2v) is 4.11. The van der Waals surface area contributed by atoms with Crippen molar-refractivity contribution in [2.75, 3.05) is 12.8 Å². The molecule has 0 amide bonds. The van der Waals surface area contributed by atoms with Gasteiger partial charge < -0.3 is 19.7 Å². The average molecular weight is 248 g/mol. The molecule has 0 radical (unpaired) electrons. The third-order valence-corrected chi connectivity index (χ3v) is 2.44. The molecule has 0 aliphatic heterocycles. The van der Waals surface area contributed by atoms with Gasteiger partial charge in [-0.05, 0) is 19.9 Å². The summed E-state index contributed by atoms with van der Waals surface area (Å²) in [6.45, 7) is 3.90. The zero-order valence-corrected chi connectivity index (χ0v) is 10.6. The number of ether oxygens (including phenoxy) is 2. The zero-order valence-electron chi connectivity index (χ0n) is 10.6. The molecule has 0 fully saturated rings. The summed E-state index contributed by atoms with van der Waals surface area (Å²) in [6, 6.07) is 5.60. The Balaban J connectivity index is 2.56. The van der Waals surface area contributed by atoms with Crippen LogP contribution in [0.5, 0.6) is 11.5 Å². The first-order valence-electron chi connectivity index (χ1n) is 5.67. The number of benzene rings is 1. The van der Waals surface area contributed by atoms with Gasteiger partial charge in [0.2, 0.25) is 5.88 Å². The van der Waals surface area contributed by atoms with Gasteiger partial charge in [-0.15, -0.1) is 0 Å². The lowest BCUT2D eigenvalue weighted by molar-refractivity contribution is 0.231. The van der Waals surface area contributed by atoms with E-state index in [0.29, 0.717) is 17.1 Å². The highest BCUT2D eigenvalue weighted by Gasteiger charge is 2.17. The van der Waals surface area contributed by atoms with Crippen LogP contribution in [0.25, 0.3) is 11.1 Å². The van der Waals surface area contributed by atoms with E-state index >= 15 is 0 Å². The van der Waals surface area contributed by atoms with E-state index in [1.807, 2.05) is 32.0 Å².